The topological polar surface area (TPSA) is 42.1 Å². The Labute approximate surface area is 118 Å². The largest absolute Gasteiger partial charge is 0.416 e. The van der Waals surface area contributed by atoms with Gasteiger partial charge in [0.1, 0.15) is 11.6 Å². The van der Waals surface area contributed by atoms with Crippen molar-refractivity contribution in [1.29, 1.82) is 0 Å². The van der Waals surface area contributed by atoms with Gasteiger partial charge in [-0.2, -0.15) is 13.2 Å². The zero-order valence-electron chi connectivity index (χ0n) is 12.2. The molecular weight excluding hydrogens is 267 g/mol. The fraction of sp³-hybridized carbons (Fsp3) is 0.643. The molecule has 0 aliphatic heterocycles. The summed E-state index contributed by atoms with van der Waals surface area (Å²) in [7, 11) is 0. The number of nitrogens with two attached hydrogens (primary N) is 1. The lowest BCUT2D eigenvalue weighted by atomic mass is 10.0. The van der Waals surface area contributed by atoms with E-state index in [0.717, 1.165) is 25.0 Å². The molecule has 0 fully saturated rings. The smallest absolute Gasteiger partial charge is 0.384 e. The molecule has 0 aliphatic carbocycles. The lowest BCUT2D eigenvalue weighted by molar-refractivity contribution is -0.137. The number of hydrogen-bond donors (Lipinski definition) is 1. The maximum atomic E-state index is 12.8. The third-order valence-corrected chi connectivity index (χ3v) is 3.50. The minimum atomic E-state index is -4.40. The molecule has 1 aromatic heterocycles. The summed E-state index contributed by atoms with van der Waals surface area (Å²) in [5.74, 6) is 0.636. The Morgan fingerprint density at radius 2 is 1.80 bits per heavy atom. The van der Waals surface area contributed by atoms with E-state index < -0.39 is 11.7 Å². The molecule has 3 nitrogen and oxygen atoms in total. The van der Waals surface area contributed by atoms with Gasteiger partial charge in [-0.05, 0) is 25.0 Å². The number of nitrogen functional groups attached to an aromatic ring is 1. The fourth-order valence-corrected chi connectivity index (χ4v) is 2.11. The Morgan fingerprint density at radius 3 is 2.25 bits per heavy atom. The van der Waals surface area contributed by atoms with Gasteiger partial charge in [-0.15, -0.1) is 0 Å². The van der Waals surface area contributed by atoms with E-state index >= 15 is 0 Å². The van der Waals surface area contributed by atoms with E-state index in [1.807, 2.05) is 11.8 Å². The highest BCUT2D eigenvalue weighted by molar-refractivity contribution is 5.49. The third kappa shape index (κ3) is 4.28. The zero-order chi connectivity index (χ0) is 15.3. The Bertz CT molecular complexity index is 428. The first kappa shape index (κ1) is 16.6. The van der Waals surface area contributed by atoms with Crippen LogP contribution in [-0.4, -0.2) is 18.1 Å². The molecule has 0 radical (unpaired) electrons. The molecule has 2 N–H and O–H groups in total. The van der Waals surface area contributed by atoms with Crippen molar-refractivity contribution in [3.8, 4) is 0 Å². The summed E-state index contributed by atoms with van der Waals surface area (Å²) in [4.78, 5) is 5.89. The number of anilines is 2. The summed E-state index contributed by atoms with van der Waals surface area (Å²) < 4.78 is 38.4. The monoisotopic (exact) mass is 289 g/mol. The van der Waals surface area contributed by atoms with Crippen LogP contribution in [0.3, 0.4) is 0 Å². The number of nitrogens with zero attached hydrogens (tertiary/aromatic N) is 2. The van der Waals surface area contributed by atoms with Gasteiger partial charge in [-0.1, -0.05) is 26.7 Å². The average molecular weight is 289 g/mol. The van der Waals surface area contributed by atoms with E-state index in [1.165, 1.54) is 0 Å². The van der Waals surface area contributed by atoms with Gasteiger partial charge >= 0.3 is 6.18 Å². The van der Waals surface area contributed by atoms with E-state index in [9.17, 15) is 13.2 Å². The van der Waals surface area contributed by atoms with Crippen LogP contribution in [0.4, 0.5) is 24.8 Å². The van der Waals surface area contributed by atoms with Crippen molar-refractivity contribution in [2.24, 2.45) is 5.92 Å². The van der Waals surface area contributed by atoms with Crippen LogP contribution in [0.2, 0.25) is 0 Å². The second-order valence-electron chi connectivity index (χ2n) is 4.86. The van der Waals surface area contributed by atoms with Gasteiger partial charge in [0, 0.05) is 13.1 Å². The molecule has 0 saturated heterocycles. The van der Waals surface area contributed by atoms with Gasteiger partial charge < -0.3 is 10.6 Å². The highest BCUT2D eigenvalue weighted by atomic mass is 19.4. The molecular formula is C14H22F3N3. The Hall–Kier alpha value is -1.46. The molecule has 0 bridgehead atoms. The van der Waals surface area contributed by atoms with Crippen molar-refractivity contribution >= 4 is 11.6 Å². The fourth-order valence-electron chi connectivity index (χ4n) is 2.11. The molecule has 114 valence electrons. The lowest BCUT2D eigenvalue weighted by Gasteiger charge is -2.27. The van der Waals surface area contributed by atoms with Crippen LogP contribution in [0.15, 0.2) is 12.1 Å². The van der Waals surface area contributed by atoms with Crippen molar-refractivity contribution in [1.82, 2.24) is 4.98 Å². The van der Waals surface area contributed by atoms with Gasteiger partial charge in [0.15, 0.2) is 0 Å². The molecule has 20 heavy (non-hydrogen) atoms. The second kappa shape index (κ2) is 6.81. The Balaban J connectivity index is 3.06. The second-order valence-corrected chi connectivity index (χ2v) is 4.86. The highest BCUT2D eigenvalue weighted by Crippen LogP contribution is 2.32. The first-order valence-electron chi connectivity index (χ1n) is 6.91. The summed E-state index contributed by atoms with van der Waals surface area (Å²) in [5.41, 5.74) is 4.76. The normalized spacial score (nSPS) is 11.9. The Kier molecular flexibility index (Phi) is 5.65. The summed E-state index contributed by atoms with van der Waals surface area (Å²) in [5, 5.41) is 0. The van der Waals surface area contributed by atoms with E-state index in [-0.39, 0.29) is 5.82 Å². The summed E-state index contributed by atoms with van der Waals surface area (Å²) in [6, 6.07) is 1.94. The molecule has 0 saturated carbocycles. The van der Waals surface area contributed by atoms with E-state index in [1.54, 1.807) is 0 Å². The molecule has 0 atom stereocenters. The summed E-state index contributed by atoms with van der Waals surface area (Å²) in [6.07, 6.45) is -2.43. The predicted octanol–water partition coefficient (Wildman–Crippen LogP) is 3.95. The molecule has 0 unspecified atom stereocenters. The van der Waals surface area contributed by atoms with E-state index in [2.05, 4.69) is 18.8 Å². The first-order chi connectivity index (χ1) is 9.31. The van der Waals surface area contributed by atoms with Crippen LogP contribution < -0.4 is 10.6 Å². The van der Waals surface area contributed by atoms with Crippen molar-refractivity contribution in [2.45, 2.75) is 39.8 Å². The lowest BCUT2D eigenvalue weighted by Crippen LogP contribution is -2.30. The van der Waals surface area contributed by atoms with Crippen molar-refractivity contribution < 1.29 is 13.2 Å². The maximum Gasteiger partial charge on any atom is 0.416 e. The maximum absolute atomic E-state index is 12.8. The van der Waals surface area contributed by atoms with Gasteiger partial charge in [-0.25, -0.2) is 4.98 Å². The number of halogens is 3. The Morgan fingerprint density at radius 1 is 1.20 bits per heavy atom. The van der Waals surface area contributed by atoms with Gasteiger partial charge in [0.2, 0.25) is 0 Å². The van der Waals surface area contributed by atoms with Gasteiger partial charge in [-0.3, -0.25) is 0 Å². The standard InChI is InChI=1S/C14H22F3N3/c1-4-10(5-2)9-20(6-3)13-8-11(14(15,16)17)7-12(18)19-13/h7-8,10H,4-6,9H2,1-3H3,(H2,18,19). The van der Waals surface area contributed by atoms with E-state index in [0.29, 0.717) is 24.8 Å². The molecule has 0 aliphatic rings. The first-order valence-corrected chi connectivity index (χ1v) is 6.91. The minimum absolute atomic E-state index is 0.0992. The van der Waals surface area contributed by atoms with E-state index in [4.69, 9.17) is 5.73 Å². The van der Waals surface area contributed by atoms with Crippen LogP contribution in [-0.2, 0) is 6.18 Å². The average Bonchev–Trinajstić information content (AvgIpc) is 2.38. The van der Waals surface area contributed by atoms with Gasteiger partial charge in [0.25, 0.3) is 0 Å². The summed E-state index contributed by atoms with van der Waals surface area (Å²) >= 11 is 0. The number of rotatable bonds is 6. The van der Waals surface area contributed by atoms with Crippen LogP contribution >= 0.6 is 0 Å². The molecule has 0 spiro atoms. The van der Waals surface area contributed by atoms with Crippen molar-refractivity contribution in [3.63, 3.8) is 0 Å². The highest BCUT2D eigenvalue weighted by Gasteiger charge is 2.32. The number of pyridine rings is 1. The number of aromatic nitrogens is 1. The van der Waals surface area contributed by atoms with Crippen molar-refractivity contribution in [3.05, 3.63) is 17.7 Å². The SMILES string of the molecule is CCC(CC)CN(CC)c1cc(C(F)(F)F)cc(N)n1. The van der Waals surface area contributed by atoms with Crippen LogP contribution in [0.1, 0.15) is 39.2 Å². The minimum Gasteiger partial charge on any atom is -0.384 e. The summed E-state index contributed by atoms with van der Waals surface area (Å²) in [6.45, 7) is 7.36. The van der Waals surface area contributed by atoms with Crippen LogP contribution in [0.5, 0.6) is 0 Å². The van der Waals surface area contributed by atoms with Crippen molar-refractivity contribution in [2.75, 3.05) is 23.7 Å². The quantitative estimate of drug-likeness (QED) is 0.862. The molecule has 6 heteroatoms. The van der Waals surface area contributed by atoms with Gasteiger partial charge in [0.05, 0.1) is 5.56 Å². The predicted molar refractivity (Wildman–Crippen MR) is 75.6 cm³/mol. The molecule has 1 heterocycles. The zero-order valence-corrected chi connectivity index (χ0v) is 12.2. The molecule has 1 rings (SSSR count). The molecule has 1 aromatic rings. The number of alkyl halides is 3. The molecule has 0 amide bonds. The molecule has 0 aromatic carbocycles. The van der Waals surface area contributed by atoms with Crippen LogP contribution in [0.25, 0.3) is 0 Å². The van der Waals surface area contributed by atoms with Crippen LogP contribution in [0, 0.1) is 5.92 Å². The number of hydrogen-bond acceptors (Lipinski definition) is 3. The third-order valence-electron chi connectivity index (χ3n) is 3.50.